The molecule has 0 radical (unpaired) electrons. The van der Waals surface area contributed by atoms with Gasteiger partial charge in [-0.15, -0.1) is 0 Å². The molecule has 1 aliphatic heterocycles. The fourth-order valence-electron chi connectivity index (χ4n) is 3.68. The maximum absolute atomic E-state index is 5.32. The maximum Gasteiger partial charge on any atom is 0.119 e. The van der Waals surface area contributed by atoms with E-state index in [1.54, 1.807) is 14.2 Å². The van der Waals surface area contributed by atoms with E-state index < -0.39 is 0 Å². The first kappa shape index (κ1) is 19.0. The van der Waals surface area contributed by atoms with Crippen LogP contribution in [0.2, 0.25) is 0 Å². The Balaban J connectivity index is 1.83. The predicted molar refractivity (Wildman–Crippen MR) is 115 cm³/mol. The molecular weight excluding hydrogens is 418 g/mol. The molecule has 0 saturated carbocycles. The molecule has 4 rings (SSSR count). The minimum absolute atomic E-state index is 0.451. The molecule has 0 unspecified atom stereocenters. The van der Waals surface area contributed by atoms with E-state index in [1.807, 2.05) is 41.1 Å². The van der Waals surface area contributed by atoms with Gasteiger partial charge < -0.3 is 14.8 Å². The molecular formula is C22H24BrN3O2. The van der Waals surface area contributed by atoms with Gasteiger partial charge in [-0.2, -0.15) is 5.10 Å². The van der Waals surface area contributed by atoms with Gasteiger partial charge in [0.05, 0.1) is 35.8 Å². The molecule has 3 aromatic rings. The van der Waals surface area contributed by atoms with Gasteiger partial charge in [0.1, 0.15) is 11.5 Å². The Morgan fingerprint density at radius 3 is 2.07 bits per heavy atom. The topological polar surface area (TPSA) is 48.3 Å². The smallest absolute Gasteiger partial charge is 0.119 e. The van der Waals surface area contributed by atoms with Crippen LogP contribution < -0.4 is 14.8 Å². The van der Waals surface area contributed by atoms with Gasteiger partial charge >= 0.3 is 0 Å². The van der Waals surface area contributed by atoms with Gasteiger partial charge in [-0.25, -0.2) is 4.68 Å². The summed E-state index contributed by atoms with van der Waals surface area (Å²) in [5, 5.41) is 8.48. The third-order valence-electron chi connectivity index (χ3n) is 5.26. The first-order valence-corrected chi connectivity index (χ1v) is 10.3. The van der Waals surface area contributed by atoms with E-state index in [9.17, 15) is 0 Å². The first-order valence-electron chi connectivity index (χ1n) is 9.49. The van der Waals surface area contributed by atoms with Crippen molar-refractivity contribution in [3.8, 4) is 28.4 Å². The highest BCUT2D eigenvalue weighted by Gasteiger charge is 2.26. The molecule has 0 atom stereocenters. The van der Waals surface area contributed by atoms with Gasteiger partial charge in [0, 0.05) is 11.5 Å². The third kappa shape index (κ3) is 3.66. The van der Waals surface area contributed by atoms with Gasteiger partial charge in [0.15, 0.2) is 0 Å². The van der Waals surface area contributed by atoms with Crippen molar-refractivity contribution in [3.05, 3.63) is 58.7 Å². The number of hydrogen-bond acceptors (Lipinski definition) is 4. The summed E-state index contributed by atoms with van der Waals surface area (Å²) in [4.78, 5) is 0. The summed E-state index contributed by atoms with van der Waals surface area (Å²) in [5.41, 5.74) is 4.29. The Morgan fingerprint density at radius 2 is 1.50 bits per heavy atom. The Bertz CT molecular complexity index is 930. The molecule has 0 spiro atoms. The molecule has 1 saturated heterocycles. The van der Waals surface area contributed by atoms with Crippen LogP contribution in [0.4, 0.5) is 0 Å². The lowest BCUT2D eigenvalue weighted by molar-refractivity contribution is 0.414. The third-order valence-corrected chi connectivity index (χ3v) is 6.04. The molecule has 6 heteroatoms. The Labute approximate surface area is 173 Å². The fraction of sp³-hybridized carbons (Fsp3) is 0.318. The van der Waals surface area contributed by atoms with Gasteiger partial charge in [-0.3, -0.25) is 0 Å². The lowest BCUT2D eigenvalue weighted by Gasteiger charge is -2.21. The molecule has 1 fully saturated rings. The fourth-order valence-corrected chi connectivity index (χ4v) is 4.48. The van der Waals surface area contributed by atoms with Crippen molar-refractivity contribution in [2.24, 2.45) is 0 Å². The average molecular weight is 442 g/mol. The molecule has 146 valence electrons. The number of benzene rings is 2. The van der Waals surface area contributed by atoms with Crippen molar-refractivity contribution in [3.63, 3.8) is 0 Å². The zero-order valence-corrected chi connectivity index (χ0v) is 17.7. The molecule has 2 heterocycles. The first-order chi connectivity index (χ1) is 13.7. The van der Waals surface area contributed by atoms with Gasteiger partial charge in [-0.1, -0.05) is 0 Å². The predicted octanol–water partition coefficient (Wildman–Crippen LogP) is 4.79. The van der Waals surface area contributed by atoms with Crippen LogP contribution in [0, 0.1) is 0 Å². The molecule has 2 aromatic carbocycles. The average Bonchev–Trinajstić information content (AvgIpc) is 3.11. The molecule has 0 aliphatic carbocycles. The second kappa shape index (κ2) is 8.37. The van der Waals surface area contributed by atoms with Crippen LogP contribution in [0.3, 0.4) is 0 Å². The summed E-state index contributed by atoms with van der Waals surface area (Å²) in [7, 11) is 3.36. The molecule has 1 N–H and O–H groups in total. The summed E-state index contributed by atoms with van der Waals surface area (Å²) >= 11 is 3.88. The molecule has 1 aromatic heterocycles. The highest BCUT2D eigenvalue weighted by molar-refractivity contribution is 9.10. The minimum Gasteiger partial charge on any atom is -0.497 e. The highest BCUT2D eigenvalue weighted by atomic mass is 79.9. The van der Waals surface area contributed by atoms with Crippen LogP contribution in [0.5, 0.6) is 11.5 Å². The lowest BCUT2D eigenvalue weighted by atomic mass is 9.94. The number of aromatic nitrogens is 2. The molecule has 0 amide bonds. The van der Waals surface area contributed by atoms with Crippen LogP contribution in [-0.2, 0) is 0 Å². The molecule has 0 bridgehead atoms. The highest BCUT2D eigenvalue weighted by Crippen LogP contribution is 2.39. The van der Waals surface area contributed by atoms with Crippen LogP contribution in [0.25, 0.3) is 16.9 Å². The zero-order valence-electron chi connectivity index (χ0n) is 16.1. The number of ether oxygens (including phenoxy) is 2. The minimum atomic E-state index is 0.451. The Kier molecular flexibility index (Phi) is 5.69. The maximum atomic E-state index is 5.32. The SMILES string of the molecule is COc1ccc(-c2c(Br)c(C3CCNCC3)nn2-c2ccc(OC)cc2)cc1. The van der Waals surface area contributed by atoms with Crippen LogP contribution in [-0.4, -0.2) is 37.1 Å². The largest absolute Gasteiger partial charge is 0.497 e. The van der Waals surface area contributed by atoms with E-state index in [0.717, 1.165) is 64.5 Å². The zero-order chi connectivity index (χ0) is 19.5. The van der Waals surface area contributed by atoms with Crippen LogP contribution in [0.1, 0.15) is 24.5 Å². The molecule has 28 heavy (non-hydrogen) atoms. The van der Waals surface area contributed by atoms with Gasteiger partial charge in [0.2, 0.25) is 0 Å². The van der Waals surface area contributed by atoms with E-state index in [4.69, 9.17) is 14.6 Å². The monoisotopic (exact) mass is 441 g/mol. The second-order valence-electron chi connectivity index (χ2n) is 6.91. The van der Waals surface area contributed by atoms with Crippen LogP contribution >= 0.6 is 15.9 Å². The van der Waals surface area contributed by atoms with Crippen molar-refractivity contribution in [1.29, 1.82) is 0 Å². The van der Waals surface area contributed by atoms with E-state index in [2.05, 4.69) is 33.4 Å². The molecule has 1 aliphatic rings. The number of rotatable bonds is 5. The quantitative estimate of drug-likeness (QED) is 0.618. The van der Waals surface area contributed by atoms with E-state index in [-0.39, 0.29) is 0 Å². The van der Waals surface area contributed by atoms with Crippen molar-refractivity contribution in [1.82, 2.24) is 15.1 Å². The summed E-state index contributed by atoms with van der Waals surface area (Å²) < 4.78 is 13.7. The van der Waals surface area contributed by atoms with Crippen molar-refractivity contribution >= 4 is 15.9 Å². The van der Waals surface area contributed by atoms with E-state index >= 15 is 0 Å². The normalized spacial score (nSPS) is 14.8. The van der Waals surface area contributed by atoms with Crippen molar-refractivity contribution in [2.75, 3.05) is 27.3 Å². The van der Waals surface area contributed by atoms with E-state index in [0.29, 0.717) is 5.92 Å². The summed E-state index contributed by atoms with van der Waals surface area (Å²) in [6.07, 6.45) is 2.19. The van der Waals surface area contributed by atoms with Gasteiger partial charge in [-0.05, 0) is 90.4 Å². The Morgan fingerprint density at radius 1 is 0.929 bits per heavy atom. The number of nitrogens with one attached hydrogen (secondary N) is 1. The number of nitrogens with zero attached hydrogens (tertiary/aromatic N) is 2. The van der Waals surface area contributed by atoms with Crippen LogP contribution in [0.15, 0.2) is 53.0 Å². The number of piperidine rings is 1. The van der Waals surface area contributed by atoms with E-state index in [1.165, 1.54) is 0 Å². The summed E-state index contributed by atoms with van der Waals surface area (Å²) in [5.74, 6) is 2.13. The number of halogens is 1. The number of methoxy groups -OCH3 is 2. The molecule has 5 nitrogen and oxygen atoms in total. The van der Waals surface area contributed by atoms with Crippen molar-refractivity contribution in [2.45, 2.75) is 18.8 Å². The summed E-state index contributed by atoms with van der Waals surface area (Å²) in [6, 6.07) is 16.1. The van der Waals surface area contributed by atoms with Crippen molar-refractivity contribution < 1.29 is 9.47 Å². The number of hydrogen-bond donors (Lipinski definition) is 1. The standard InChI is InChI=1S/C22H24BrN3O2/c1-27-18-7-3-16(4-8-18)22-20(23)21(15-11-13-24-14-12-15)25-26(22)17-5-9-19(28-2)10-6-17/h3-10,15,24H,11-14H2,1-2H3. The lowest BCUT2D eigenvalue weighted by Crippen LogP contribution is -2.27. The van der Waals surface area contributed by atoms with Gasteiger partial charge in [0.25, 0.3) is 0 Å². The Hall–Kier alpha value is -2.31. The second-order valence-corrected chi connectivity index (χ2v) is 7.70. The summed E-state index contributed by atoms with van der Waals surface area (Å²) in [6.45, 7) is 2.06.